The van der Waals surface area contributed by atoms with Crippen LogP contribution in [0.25, 0.3) is 0 Å². The summed E-state index contributed by atoms with van der Waals surface area (Å²) in [5.41, 5.74) is 7.63. The SMILES string of the molecule is Cc1ccc(N)c(C=O)c1. The van der Waals surface area contributed by atoms with E-state index in [1.165, 1.54) is 0 Å². The molecule has 2 N–H and O–H groups in total. The zero-order valence-electron chi connectivity index (χ0n) is 5.79. The number of carbonyl (C=O) groups is 1. The van der Waals surface area contributed by atoms with E-state index in [2.05, 4.69) is 0 Å². The van der Waals surface area contributed by atoms with Gasteiger partial charge < -0.3 is 5.73 Å². The van der Waals surface area contributed by atoms with Crippen LogP contribution < -0.4 is 5.73 Å². The van der Waals surface area contributed by atoms with Crippen molar-refractivity contribution in [2.24, 2.45) is 0 Å². The molecule has 0 amide bonds. The van der Waals surface area contributed by atoms with E-state index < -0.39 is 0 Å². The van der Waals surface area contributed by atoms with Gasteiger partial charge in [-0.3, -0.25) is 4.79 Å². The van der Waals surface area contributed by atoms with E-state index >= 15 is 0 Å². The monoisotopic (exact) mass is 135 g/mol. The highest BCUT2D eigenvalue weighted by Crippen LogP contribution is 2.10. The Morgan fingerprint density at radius 3 is 2.70 bits per heavy atom. The lowest BCUT2D eigenvalue weighted by molar-refractivity contribution is 0.112. The van der Waals surface area contributed by atoms with Crippen LogP contribution >= 0.6 is 0 Å². The quantitative estimate of drug-likeness (QED) is 0.467. The van der Waals surface area contributed by atoms with Crippen molar-refractivity contribution in [3.63, 3.8) is 0 Å². The minimum absolute atomic E-state index is 0.542. The first kappa shape index (κ1) is 6.81. The van der Waals surface area contributed by atoms with Gasteiger partial charge in [-0.15, -0.1) is 0 Å². The van der Waals surface area contributed by atoms with Crippen molar-refractivity contribution in [2.45, 2.75) is 6.92 Å². The summed E-state index contributed by atoms with van der Waals surface area (Å²) in [5.74, 6) is 0. The summed E-state index contributed by atoms with van der Waals surface area (Å²) in [4.78, 5) is 10.3. The standard InChI is InChI=1S/C8H9NO/c1-6-2-3-8(9)7(4-6)5-10/h2-5H,9H2,1H3. The lowest BCUT2D eigenvalue weighted by atomic mass is 10.1. The number of anilines is 1. The van der Waals surface area contributed by atoms with E-state index in [0.717, 1.165) is 11.8 Å². The summed E-state index contributed by atoms with van der Waals surface area (Å²) in [6, 6.07) is 5.38. The third kappa shape index (κ3) is 1.16. The number of aryl methyl sites for hydroxylation is 1. The lowest BCUT2D eigenvalue weighted by Crippen LogP contribution is -1.92. The Labute approximate surface area is 59.7 Å². The van der Waals surface area contributed by atoms with Crippen molar-refractivity contribution in [3.05, 3.63) is 29.3 Å². The molecule has 0 spiro atoms. The van der Waals surface area contributed by atoms with Crippen LogP contribution in [0.4, 0.5) is 5.69 Å². The van der Waals surface area contributed by atoms with Gasteiger partial charge in [-0.25, -0.2) is 0 Å². The van der Waals surface area contributed by atoms with Crippen LogP contribution in [0.5, 0.6) is 0 Å². The Morgan fingerprint density at radius 1 is 1.50 bits per heavy atom. The Bertz CT molecular complexity index is 255. The van der Waals surface area contributed by atoms with Crippen LogP contribution in [0.1, 0.15) is 15.9 Å². The van der Waals surface area contributed by atoms with Gasteiger partial charge in [0, 0.05) is 11.3 Å². The van der Waals surface area contributed by atoms with Crippen molar-refractivity contribution in [3.8, 4) is 0 Å². The van der Waals surface area contributed by atoms with E-state index in [0.29, 0.717) is 11.3 Å². The van der Waals surface area contributed by atoms with Crippen LogP contribution in [0, 0.1) is 6.92 Å². The first-order valence-electron chi connectivity index (χ1n) is 3.05. The molecule has 0 aliphatic rings. The van der Waals surface area contributed by atoms with Crippen LogP contribution in [-0.4, -0.2) is 6.29 Å². The minimum Gasteiger partial charge on any atom is -0.398 e. The summed E-state index contributed by atoms with van der Waals surface area (Å²) in [7, 11) is 0. The molecule has 0 saturated carbocycles. The van der Waals surface area contributed by atoms with Gasteiger partial charge in [0.25, 0.3) is 0 Å². The van der Waals surface area contributed by atoms with Crippen molar-refractivity contribution < 1.29 is 4.79 Å². The fraction of sp³-hybridized carbons (Fsp3) is 0.125. The molecule has 0 saturated heterocycles. The van der Waals surface area contributed by atoms with Gasteiger partial charge in [0.1, 0.15) is 0 Å². The van der Waals surface area contributed by atoms with E-state index in [9.17, 15) is 4.79 Å². The van der Waals surface area contributed by atoms with Crippen molar-refractivity contribution in [2.75, 3.05) is 5.73 Å². The maximum atomic E-state index is 10.3. The first-order chi connectivity index (χ1) is 4.74. The number of hydrogen-bond donors (Lipinski definition) is 1. The number of hydrogen-bond acceptors (Lipinski definition) is 2. The molecule has 1 aromatic rings. The van der Waals surface area contributed by atoms with Crippen LogP contribution in [0.3, 0.4) is 0 Å². The van der Waals surface area contributed by atoms with Gasteiger partial charge in [0.2, 0.25) is 0 Å². The molecule has 0 heterocycles. The van der Waals surface area contributed by atoms with E-state index in [4.69, 9.17) is 5.73 Å². The molecule has 1 aromatic carbocycles. The second-order valence-electron chi connectivity index (χ2n) is 2.25. The van der Waals surface area contributed by atoms with Crippen LogP contribution in [-0.2, 0) is 0 Å². The van der Waals surface area contributed by atoms with E-state index in [1.54, 1.807) is 12.1 Å². The van der Waals surface area contributed by atoms with Crippen molar-refractivity contribution in [1.29, 1.82) is 0 Å². The molecule has 0 fully saturated rings. The molecule has 10 heavy (non-hydrogen) atoms. The van der Waals surface area contributed by atoms with Crippen LogP contribution in [0.15, 0.2) is 18.2 Å². The molecular formula is C8H9NO. The first-order valence-corrected chi connectivity index (χ1v) is 3.05. The van der Waals surface area contributed by atoms with Gasteiger partial charge in [0.05, 0.1) is 0 Å². The molecule has 0 bridgehead atoms. The minimum atomic E-state index is 0.542. The van der Waals surface area contributed by atoms with E-state index in [-0.39, 0.29) is 0 Å². The number of nitrogen functional groups attached to an aromatic ring is 1. The molecule has 52 valence electrons. The predicted molar refractivity (Wildman–Crippen MR) is 41.0 cm³/mol. The zero-order chi connectivity index (χ0) is 7.56. The summed E-state index contributed by atoms with van der Waals surface area (Å²) < 4.78 is 0. The Balaban J connectivity index is 3.21. The maximum absolute atomic E-state index is 10.3. The number of rotatable bonds is 1. The lowest BCUT2D eigenvalue weighted by Gasteiger charge is -1.97. The summed E-state index contributed by atoms with van der Waals surface area (Å²) in [6.45, 7) is 1.92. The topological polar surface area (TPSA) is 43.1 Å². The molecule has 0 radical (unpaired) electrons. The van der Waals surface area contributed by atoms with Gasteiger partial charge >= 0.3 is 0 Å². The second kappa shape index (κ2) is 2.52. The summed E-state index contributed by atoms with van der Waals surface area (Å²) in [6.07, 6.45) is 0.766. The molecule has 0 aliphatic heterocycles. The van der Waals surface area contributed by atoms with Gasteiger partial charge in [0.15, 0.2) is 6.29 Å². The predicted octanol–water partition coefficient (Wildman–Crippen LogP) is 1.39. The van der Waals surface area contributed by atoms with Gasteiger partial charge in [-0.2, -0.15) is 0 Å². The average Bonchev–Trinajstić information content (AvgIpc) is 1.94. The molecule has 0 unspecified atom stereocenters. The molecule has 2 nitrogen and oxygen atoms in total. The Kier molecular flexibility index (Phi) is 1.71. The number of aldehydes is 1. The van der Waals surface area contributed by atoms with Gasteiger partial charge in [-0.1, -0.05) is 11.6 Å². The summed E-state index contributed by atoms with van der Waals surface area (Å²) >= 11 is 0. The zero-order valence-corrected chi connectivity index (χ0v) is 5.79. The van der Waals surface area contributed by atoms with Crippen molar-refractivity contribution >= 4 is 12.0 Å². The number of carbonyl (C=O) groups excluding carboxylic acids is 1. The number of benzene rings is 1. The normalized spacial score (nSPS) is 9.30. The fourth-order valence-electron chi connectivity index (χ4n) is 0.796. The third-order valence-electron chi connectivity index (χ3n) is 1.37. The third-order valence-corrected chi connectivity index (χ3v) is 1.37. The highest BCUT2D eigenvalue weighted by molar-refractivity contribution is 5.83. The second-order valence-corrected chi connectivity index (χ2v) is 2.25. The Morgan fingerprint density at radius 2 is 2.20 bits per heavy atom. The van der Waals surface area contributed by atoms with Crippen LogP contribution in [0.2, 0.25) is 0 Å². The smallest absolute Gasteiger partial charge is 0.152 e. The fourth-order valence-corrected chi connectivity index (χ4v) is 0.796. The summed E-state index contributed by atoms with van der Waals surface area (Å²) in [5, 5.41) is 0. The maximum Gasteiger partial charge on any atom is 0.152 e. The highest BCUT2D eigenvalue weighted by atomic mass is 16.1. The molecule has 0 aliphatic carbocycles. The molecule has 2 heteroatoms. The van der Waals surface area contributed by atoms with E-state index in [1.807, 2.05) is 13.0 Å². The Hall–Kier alpha value is -1.31. The molecule has 0 atom stereocenters. The molecular weight excluding hydrogens is 126 g/mol. The van der Waals surface area contributed by atoms with Gasteiger partial charge in [-0.05, 0) is 19.1 Å². The highest BCUT2D eigenvalue weighted by Gasteiger charge is 1.94. The number of nitrogens with two attached hydrogens (primary N) is 1. The molecule has 0 aromatic heterocycles. The largest absolute Gasteiger partial charge is 0.398 e. The van der Waals surface area contributed by atoms with Crippen molar-refractivity contribution in [1.82, 2.24) is 0 Å². The molecule has 1 rings (SSSR count). The average molecular weight is 135 g/mol.